The third-order valence-electron chi connectivity index (χ3n) is 3.19. The van der Waals surface area contributed by atoms with E-state index in [4.69, 9.17) is 0 Å². The summed E-state index contributed by atoms with van der Waals surface area (Å²) in [6.07, 6.45) is 4.61. The van der Waals surface area contributed by atoms with Gasteiger partial charge >= 0.3 is 0 Å². The lowest BCUT2D eigenvalue weighted by molar-refractivity contribution is 0.546. The maximum absolute atomic E-state index is 3.53. The van der Waals surface area contributed by atoms with Gasteiger partial charge in [0.15, 0.2) is 0 Å². The first-order chi connectivity index (χ1) is 3.95. The number of nitrogens with one attached hydrogen (secondary N) is 1. The molecule has 1 nitrogen and oxygen atoms in total. The molecule has 0 aromatic heterocycles. The lowest BCUT2D eigenvalue weighted by atomic mass is 10.0. The molecule has 2 saturated carbocycles. The summed E-state index contributed by atoms with van der Waals surface area (Å²) in [5, 5.41) is 3.53. The summed E-state index contributed by atoms with van der Waals surface area (Å²) in [6.45, 7) is 0. The molecular weight excluding hydrogens is 98.1 g/mol. The smallest absolute Gasteiger partial charge is 0.0255 e. The summed E-state index contributed by atoms with van der Waals surface area (Å²) >= 11 is 0. The van der Waals surface area contributed by atoms with Gasteiger partial charge in [-0.2, -0.15) is 0 Å². The van der Waals surface area contributed by atoms with Gasteiger partial charge in [0.1, 0.15) is 0 Å². The molecule has 1 heterocycles. The highest BCUT2D eigenvalue weighted by molar-refractivity contribution is 5.15. The van der Waals surface area contributed by atoms with Crippen LogP contribution in [-0.4, -0.2) is 12.1 Å². The van der Waals surface area contributed by atoms with Gasteiger partial charge in [0.05, 0.1) is 0 Å². The zero-order valence-corrected chi connectivity index (χ0v) is 4.93. The molecule has 2 bridgehead atoms. The molecule has 0 aromatic carbocycles. The zero-order chi connectivity index (χ0) is 5.14. The predicted molar refractivity (Wildman–Crippen MR) is 31.5 cm³/mol. The molecule has 1 N–H and O–H groups in total. The van der Waals surface area contributed by atoms with Gasteiger partial charge < -0.3 is 5.32 Å². The van der Waals surface area contributed by atoms with Crippen LogP contribution < -0.4 is 5.32 Å². The van der Waals surface area contributed by atoms with Crippen molar-refractivity contribution in [1.29, 1.82) is 0 Å². The minimum atomic E-state index is 0.994. The van der Waals surface area contributed by atoms with E-state index in [0.717, 1.165) is 23.9 Å². The van der Waals surface area contributed by atoms with E-state index in [1.54, 1.807) is 6.42 Å². The predicted octanol–water partition coefficient (Wildman–Crippen LogP) is 0.757. The minimum absolute atomic E-state index is 0.994. The standard InChI is InChI=1S/C7H11N/c1-2-5-3-4(1)6-7(5)8-6/h4-8H,1-3H2/t4?,5?,6-,7?/m0/s1. The second-order valence-corrected chi connectivity index (χ2v) is 3.55. The first kappa shape index (κ1) is 3.89. The molecule has 0 radical (unpaired) electrons. The summed E-state index contributed by atoms with van der Waals surface area (Å²) in [5.74, 6) is 2.20. The van der Waals surface area contributed by atoms with Gasteiger partial charge in [-0.1, -0.05) is 0 Å². The van der Waals surface area contributed by atoms with Gasteiger partial charge in [-0.3, -0.25) is 0 Å². The fourth-order valence-electron chi connectivity index (χ4n) is 2.73. The van der Waals surface area contributed by atoms with Crippen LogP contribution in [0.25, 0.3) is 0 Å². The van der Waals surface area contributed by atoms with E-state index in [1.807, 2.05) is 0 Å². The molecule has 3 unspecified atom stereocenters. The van der Waals surface area contributed by atoms with Gasteiger partial charge in [0, 0.05) is 12.1 Å². The van der Waals surface area contributed by atoms with Crippen molar-refractivity contribution in [3.05, 3.63) is 0 Å². The maximum atomic E-state index is 3.53. The number of hydrogen-bond donors (Lipinski definition) is 1. The molecule has 1 aliphatic heterocycles. The van der Waals surface area contributed by atoms with Crippen LogP contribution in [-0.2, 0) is 0 Å². The Morgan fingerprint density at radius 3 is 2.00 bits per heavy atom. The number of rotatable bonds is 0. The Kier molecular flexibility index (Phi) is 0.472. The molecule has 1 saturated heterocycles. The average molecular weight is 109 g/mol. The van der Waals surface area contributed by atoms with E-state index < -0.39 is 0 Å². The lowest BCUT2D eigenvalue weighted by Gasteiger charge is -2.02. The van der Waals surface area contributed by atoms with Gasteiger partial charge in [0.2, 0.25) is 0 Å². The second kappa shape index (κ2) is 0.971. The lowest BCUT2D eigenvalue weighted by Crippen LogP contribution is -2.04. The monoisotopic (exact) mass is 109 g/mol. The molecule has 44 valence electrons. The van der Waals surface area contributed by atoms with Crippen molar-refractivity contribution in [2.75, 3.05) is 0 Å². The summed E-state index contributed by atoms with van der Waals surface area (Å²) < 4.78 is 0. The van der Waals surface area contributed by atoms with Crippen LogP contribution in [0, 0.1) is 11.8 Å². The number of fused-ring (bicyclic) bond motifs is 5. The highest BCUT2D eigenvalue weighted by atomic mass is 15.2. The fraction of sp³-hybridized carbons (Fsp3) is 1.00. The van der Waals surface area contributed by atoms with Gasteiger partial charge in [-0.05, 0) is 31.1 Å². The van der Waals surface area contributed by atoms with E-state index in [2.05, 4.69) is 5.32 Å². The van der Waals surface area contributed by atoms with E-state index in [0.29, 0.717) is 0 Å². The molecule has 2 aliphatic carbocycles. The van der Waals surface area contributed by atoms with E-state index in [1.165, 1.54) is 12.8 Å². The SMILES string of the molecule is C1CC2CC1C1N[C@@H]21. The summed E-state index contributed by atoms with van der Waals surface area (Å²) in [7, 11) is 0. The molecule has 4 atom stereocenters. The molecule has 3 aliphatic rings. The van der Waals surface area contributed by atoms with Crippen LogP contribution in [0.3, 0.4) is 0 Å². The Balaban J connectivity index is 2.02. The molecule has 3 rings (SSSR count). The molecule has 8 heavy (non-hydrogen) atoms. The highest BCUT2D eigenvalue weighted by Gasteiger charge is 2.56. The second-order valence-electron chi connectivity index (χ2n) is 3.55. The first-order valence-corrected chi connectivity index (χ1v) is 3.71. The molecule has 0 spiro atoms. The van der Waals surface area contributed by atoms with Crippen molar-refractivity contribution in [3.63, 3.8) is 0 Å². The Morgan fingerprint density at radius 2 is 1.62 bits per heavy atom. The summed E-state index contributed by atoms with van der Waals surface area (Å²) in [4.78, 5) is 0. The maximum Gasteiger partial charge on any atom is 0.0255 e. The van der Waals surface area contributed by atoms with Crippen LogP contribution in [0.15, 0.2) is 0 Å². The number of piperidine rings is 1. The quantitative estimate of drug-likeness (QED) is 0.456. The Bertz CT molecular complexity index is 118. The van der Waals surface area contributed by atoms with Crippen LogP contribution >= 0.6 is 0 Å². The van der Waals surface area contributed by atoms with Crippen molar-refractivity contribution < 1.29 is 0 Å². The van der Waals surface area contributed by atoms with Gasteiger partial charge in [-0.15, -0.1) is 0 Å². The Morgan fingerprint density at radius 1 is 1.00 bits per heavy atom. The van der Waals surface area contributed by atoms with E-state index in [-0.39, 0.29) is 0 Å². The zero-order valence-electron chi connectivity index (χ0n) is 4.93. The summed E-state index contributed by atoms with van der Waals surface area (Å²) in [6, 6.07) is 1.99. The molecule has 0 aromatic rings. The van der Waals surface area contributed by atoms with Crippen LogP contribution in [0.1, 0.15) is 19.3 Å². The van der Waals surface area contributed by atoms with Crippen molar-refractivity contribution in [3.8, 4) is 0 Å². The van der Waals surface area contributed by atoms with E-state index in [9.17, 15) is 0 Å². The molecular formula is C7H11N. The molecule has 0 amide bonds. The van der Waals surface area contributed by atoms with Crippen molar-refractivity contribution in [2.45, 2.75) is 31.3 Å². The third kappa shape index (κ3) is 0.278. The van der Waals surface area contributed by atoms with Crippen LogP contribution in [0.5, 0.6) is 0 Å². The molecule has 1 heteroatoms. The Labute approximate surface area is 49.5 Å². The molecule has 3 fully saturated rings. The fourth-order valence-corrected chi connectivity index (χ4v) is 2.73. The van der Waals surface area contributed by atoms with Crippen molar-refractivity contribution >= 4 is 0 Å². The topological polar surface area (TPSA) is 21.9 Å². The van der Waals surface area contributed by atoms with Gasteiger partial charge in [0.25, 0.3) is 0 Å². The number of hydrogen-bond acceptors (Lipinski definition) is 1. The first-order valence-electron chi connectivity index (χ1n) is 3.71. The van der Waals surface area contributed by atoms with Gasteiger partial charge in [-0.25, -0.2) is 0 Å². The normalized spacial score (nSPS) is 66.0. The summed E-state index contributed by atoms with van der Waals surface area (Å²) in [5.41, 5.74) is 0. The average Bonchev–Trinajstić information content (AvgIpc) is 2.39. The van der Waals surface area contributed by atoms with Crippen LogP contribution in [0.2, 0.25) is 0 Å². The van der Waals surface area contributed by atoms with Crippen LogP contribution in [0.4, 0.5) is 0 Å². The Hall–Kier alpha value is -0.0400. The van der Waals surface area contributed by atoms with Crippen molar-refractivity contribution in [2.24, 2.45) is 11.8 Å². The van der Waals surface area contributed by atoms with Crippen molar-refractivity contribution in [1.82, 2.24) is 5.32 Å². The largest absolute Gasteiger partial charge is 0.308 e. The van der Waals surface area contributed by atoms with E-state index >= 15 is 0 Å². The third-order valence-corrected chi connectivity index (χ3v) is 3.19. The minimum Gasteiger partial charge on any atom is -0.308 e. The highest BCUT2D eigenvalue weighted by Crippen LogP contribution is 2.51.